The van der Waals surface area contributed by atoms with Gasteiger partial charge >= 0.3 is 5.97 Å². The Labute approximate surface area is 120 Å². The van der Waals surface area contributed by atoms with Gasteiger partial charge < -0.3 is 10.0 Å². The zero-order valence-electron chi connectivity index (χ0n) is 11.6. The molecule has 0 saturated heterocycles. The Kier molecular flexibility index (Phi) is 3.05. The summed E-state index contributed by atoms with van der Waals surface area (Å²) in [5.74, 6) is -0.404. The van der Waals surface area contributed by atoms with Crippen LogP contribution in [0.5, 0.6) is 0 Å². The van der Waals surface area contributed by atoms with Crippen molar-refractivity contribution in [3.05, 3.63) is 42.1 Å². The summed E-state index contributed by atoms with van der Waals surface area (Å²) in [5.41, 5.74) is 1.58. The van der Waals surface area contributed by atoms with E-state index in [9.17, 15) is 4.79 Å². The zero-order chi connectivity index (χ0) is 15.0. The van der Waals surface area contributed by atoms with Crippen LogP contribution in [-0.4, -0.2) is 42.5 Å². The van der Waals surface area contributed by atoms with Gasteiger partial charge in [-0.25, -0.2) is 14.3 Å². The first-order chi connectivity index (χ1) is 10.1. The van der Waals surface area contributed by atoms with Crippen molar-refractivity contribution in [3.8, 4) is 0 Å². The Hall–Kier alpha value is -2.90. The monoisotopic (exact) mass is 286 g/mol. The van der Waals surface area contributed by atoms with Gasteiger partial charge in [0.25, 0.3) is 0 Å². The van der Waals surface area contributed by atoms with Crippen LogP contribution in [0.25, 0.3) is 5.52 Å². The number of hydrogen-bond acceptors (Lipinski definition) is 5. The Balaban J connectivity index is 1.98. The SMILES string of the molecule is CN(Cc1ccn(C)n1)c1ncc(C(=O)O)n2nccc12. The molecule has 1 N–H and O–H groups in total. The van der Waals surface area contributed by atoms with Gasteiger partial charge in [0.05, 0.1) is 24.6 Å². The highest BCUT2D eigenvalue weighted by Crippen LogP contribution is 2.20. The van der Waals surface area contributed by atoms with E-state index < -0.39 is 5.97 Å². The lowest BCUT2D eigenvalue weighted by Crippen LogP contribution is -2.20. The number of carboxylic acid groups (broad SMARTS) is 1. The van der Waals surface area contributed by atoms with E-state index in [4.69, 9.17) is 5.11 Å². The molecule has 0 bridgehead atoms. The molecule has 3 aromatic heterocycles. The third-order valence-corrected chi connectivity index (χ3v) is 3.16. The normalized spacial score (nSPS) is 11.0. The van der Waals surface area contributed by atoms with Gasteiger partial charge in [0, 0.05) is 20.3 Å². The average molecular weight is 286 g/mol. The minimum absolute atomic E-state index is 0.0324. The van der Waals surface area contributed by atoms with Crippen LogP contribution in [0.4, 0.5) is 5.82 Å². The minimum atomic E-state index is -1.06. The number of fused-ring (bicyclic) bond motifs is 1. The molecule has 0 amide bonds. The van der Waals surface area contributed by atoms with Crippen molar-refractivity contribution in [2.45, 2.75) is 6.54 Å². The van der Waals surface area contributed by atoms with Crippen LogP contribution >= 0.6 is 0 Å². The summed E-state index contributed by atoms with van der Waals surface area (Å²) in [6, 6.07) is 3.67. The Bertz CT molecular complexity index is 806. The van der Waals surface area contributed by atoms with Gasteiger partial charge in [-0.2, -0.15) is 10.2 Å². The van der Waals surface area contributed by atoms with E-state index >= 15 is 0 Å². The molecule has 0 radical (unpaired) electrons. The molecular formula is C13H14N6O2. The largest absolute Gasteiger partial charge is 0.476 e. The summed E-state index contributed by atoms with van der Waals surface area (Å²) in [5, 5.41) is 17.5. The zero-order valence-corrected chi connectivity index (χ0v) is 11.6. The van der Waals surface area contributed by atoms with Crippen LogP contribution in [-0.2, 0) is 13.6 Å². The Morgan fingerprint density at radius 3 is 2.90 bits per heavy atom. The van der Waals surface area contributed by atoms with E-state index in [1.165, 1.54) is 10.7 Å². The average Bonchev–Trinajstić information content (AvgIpc) is 3.06. The molecule has 0 aliphatic heterocycles. The molecule has 8 heteroatoms. The Morgan fingerprint density at radius 2 is 2.24 bits per heavy atom. The molecule has 0 unspecified atom stereocenters. The van der Waals surface area contributed by atoms with E-state index in [2.05, 4.69) is 15.2 Å². The molecule has 0 aromatic carbocycles. The first-order valence-corrected chi connectivity index (χ1v) is 6.32. The summed E-state index contributed by atoms with van der Waals surface area (Å²) >= 11 is 0. The summed E-state index contributed by atoms with van der Waals surface area (Å²) in [6.07, 6.45) is 4.74. The molecule has 0 spiro atoms. The molecule has 3 rings (SSSR count). The maximum absolute atomic E-state index is 11.2. The number of rotatable bonds is 4. The van der Waals surface area contributed by atoms with Crippen molar-refractivity contribution >= 4 is 17.3 Å². The van der Waals surface area contributed by atoms with Gasteiger partial charge in [-0.3, -0.25) is 4.68 Å². The van der Waals surface area contributed by atoms with Crippen LogP contribution in [0, 0.1) is 0 Å². The van der Waals surface area contributed by atoms with Crippen LogP contribution in [0.3, 0.4) is 0 Å². The third kappa shape index (κ3) is 2.31. The highest BCUT2D eigenvalue weighted by Gasteiger charge is 2.16. The van der Waals surface area contributed by atoms with Crippen LogP contribution in [0.2, 0.25) is 0 Å². The van der Waals surface area contributed by atoms with E-state index in [1.807, 2.05) is 31.3 Å². The molecule has 8 nitrogen and oxygen atoms in total. The fraction of sp³-hybridized carbons (Fsp3) is 0.231. The number of aromatic nitrogens is 5. The van der Waals surface area contributed by atoms with Gasteiger partial charge in [0.15, 0.2) is 11.5 Å². The summed E-state index contributed by atoms with van der Waals surface area (Å²) < 4.78 is 3.11. The second-order valence-corrected chi connectivity index (χ2v) is 4.74. The smallest absolute Gasteiger partial charge is 0.356 e. The standard InChI is InChI=1S/C13H14N6O2/c1-17(8-9-4-6-18(2)16-9)12-10-3-5-15-19(10)11(7-14-12)13(20)21/h3-7H,8H2,1-2H3,(H,20,21). The molecule has 3 heterocycles. The molecule has 0 atom stereocenters. The first-order valence-electron chi connectivity index (χ1n) is 6.32. The van der Waals surface area contributed by atoms with Crippen molar-refractivity contribution in [1.29, 1.82) is 0 Å². The van der Waals surface area contributed by atoms with Crippen molar-refractivity contribution in [2.24, 2.45) is 7.05 Å². The molecule has 0 aliphatic rings. The third-order valence-electron chi connectivity index (χ3n) is 3.16. The number of carboxylic acids is 1. The lowest BCUT2D eigenvalue weighted by atomic mass is 10.3. The van der Waals surface area contributed by atoms with Crippen molar-refractivity contribution < 1.29 is 9.90 Å². The summed E-state index contributed by atoms with van der Waals surface area (Å²) in [7, 11) is 3.74. The fourth-order valence-electron chi connectivity index (χ4n) is 2.21. The number of aryl methyl sites for hydroxylation is 1. The topological polar surface area (TPSA) is 88.5 Å². The van der Waals surface area contributed by atoms with E-state index in [1.54, 1.807) is 16.9 Å². The van der Waals surface area contributed by atoms with E-state index in [0.717, 1.165) is 5.69 Å². The Morgan fingerprint density at radius 1 is 1.43 bits per heavy atom. The second-order valence-electron chi connectivity index (χ2n) is 4.74. The van der Waals surface area contributed by atoms with Crippen molar-refractivity contribution in [3.63, 3.8) is 0 Å². The van der Waals surface area contributed by atoms with Gasteiger partial charge in [0.1, 0.15) is 5.52 Å². The first kappa shape index (κ1) is 13.1. The lowest BCUT2D eigenvalue weighted by Gasteiger charge is -2.18. The maximum Gasteiger partial charge on any atom is 0.356 e. The van der Waals surface area contributed by atoms with E-state index in [-0.39, 0.29) is 5.69 Å². The molecule has 3 aromatic rings. The van der Waals surface area contributed by atoms with Gasteiger partial charge in [-0.05, 0) is 12.1 Å². The van der Waals surface area contributed by atoms with Gasteiger partial charge in [0.2, 0.25) is 0 Å². The summed E-state index contributed by atoms with van der Waals surface area (Å²) in [4.78, 5) is 17.3. The molecule has 108 valence electrons. The number of nitrogens with zero attached hydrogens (tertiary/aromatic N) is 6. The van der Waals surface area contributed by atoms with Crippen molar-refractivity contribution in [1.82, 2.24) is 24.4 Å². The highest BCUT2D eigenvalue weighted by molar-refractivity contribution is 5.87. The minimum Gasteiger partial charge on any atom is -0.476 e. The lowest BCUT2D eigenvalue weighted by molar-refractivity contribution is 0.0687. The summed E-state index contributed by atoms with van der Waals surface area (Å²) in [6.45, 7) is 0.571. The van der Waals surface area contributed by atoms with Crippen LogP contribution in [0.1, 0.15) is 16.2 Å². The van der Waals surface area contributed by atoms with E-state index in [0.29, 0.717) is 17.9 Å². The molecule has 0 fully saturated rings. The van der Waals surface area contributed by atoms with Crippen LogP contribution < -0.4 is 4.90 Å². The predicted octanol–water partition coefficient (Wildman–Crippen LogP) is 0.797. The quantitative estimate of drug-likeness (QED) is 0.763. The number of anilines is 1. The van der Waals surface area contributed by atoms with Gasteiger partial charge in [-0.1, -0.05) is 0 Å². The molecule has 21 heavy (non-hydrogen) atoms. The molecule has 0 saturated carbocycles. The fourth-order valence-corrected chi connectivity index (χ4v) is 2.21. The maximum atomic E-state index is 11.2. The predicted molar refractivity (Wildman–Crippen MR) is 75.3 cm³/mol. The number of carbonyl (C=O) groups is 1. The number of hydrogen-bond donors (Lipinski definition) is 1. The second kappa shape index (κ2) is 4.89. The van der Waals surface area contributed by atoms with Crippen molar-refractivity contribution in [2.75, 3.05) is 11.9 Å². The molecular weight excluding hydrogens is 272 g/mol. The van der Waals surface area contributed by atoms with Crippen LogP contribution in [0.15, 0.2) is 30.7 Å². The number of aromatic carboxylic acids is 1. The molecule has 0 aliphatic carbocycles. The highest BCUT2D eigenvalue weighted by atomic mass is 16.4. The van der Waals surface area contributed by atoms with Gasteiger partial charge in [-0.15, -0.1) is 0 Å².